The van der Waals surface area contributed by atoms with E-state index in [-0.39, 0.29) is 5.91 Å². The highest BCUT2D eigenvalue weighted by atomic mass is 127. The SMILES string of the molecule is CC(C)C[C@@H](N)C(=O)Nc1ccc(Cl)cc1I. The topological polar surface area (TPSA) is 55.1 Å². The highest BCUT2D eigenvalue weighted by molar-refractivity contribution is 14.1. The molecule has 5 heteroatoms. The number of nitrogens with one attached hydrogen (secondary N) is 1. The van der Waals surface area contributed by atoms with Crippen LogP contribution in [0.25, 0.3) is 0 Å². The van der Waals surface area contributed by atoms with Crippen molar-refractivity contribution in [1.29, 1.82) is 0 Å². The molecule has 0 saturated carbocycles. The summed E-state index contributed by atoms with van der Waals surface area (Å²) in [4.78, 5) is 11.8. The molecule has 0 aliphatic rings. The Labute approximate surface area is 120 Å². The fourth-order valence-corrected chi connectivity index (χ4v) is 2.44. The van der Waals surface area contributed by atoms with E-state index in [2.05, 4.69) is 27.9 Å². The second kappa shape index (κ2) is 6.56. The Morgan fingerprint density at radius 1 is 1.53 bits per heavy atom. The molecule has 3 N–H and O–H groups in total. The summed E-state index contributed by atoms with van der Waals surface area (Å²) in [5.41, 5.74) is 6.55. The molecule has 0 aromatic heterocycles. The van der Waals surface area contributed by atoms with E-state index in [0.717, 1.165) is 9.26 Å². The average molecular weight is 367 g/mol. The minimum absolute atomic E-state index is 0.154. The molecule has 0 bridgehead atoms. The summed E-state index contributed by atoms with van der Waals surface area (Å²) >= 11 is 7.97. The van der Waals surface area contributed by atoms with Crippen LogP contribution >= 0.6 is 34.2 Å². The molecule has 1 amide bonds. The van der Waals surface area contributed by atoms with Crippen LogP contribution in [0, 0.1) is 9.49 Å². The third-order valence-corrected chi connectivity index (χ3v) is 3.38. The van der Waals surface area contributed by atoms with Crippen molar-refractivity contribution in [2.24, 2.45) is 11.7 Å². The van der Waals surface area contributed by atoms with Crippen molar-refractivity contribution >= 4 is 45.8 Å². The monoisotopic (exact) mass is 366 g/mol. The van der Waals surface area contributed by atoms with Crippen molar-refractivity contribution in [3.05, 3.63) is 26.8 Å². The molecule has 0 unspecified atom stereocenters. The quantitative estimate of drug-likeness (QED) is 0.804. The average Bonchev–Trinajstić information content (AvgIpc) is 2.21. The van der Waals surface area contributed by atoms with Gasteiger partial charge in [-0.1, -0.05) is 25.4 Å². The van der Waals surface area contributed by atoms with Crippen molar-refractivity contribution in [1.82, 2.24) is 0 Å². The van der Waals surface area contributed by atoms with Crippen molar-refractivity contribution in [3.63, 3.8) is 0 Å². The van der Waals surface area contributed by atoms with Crippen LogP contribution in [0.5, 0.6) is 0 Å². The van der Waals surface area contributed by atoms with Gasteiger partial charge in [0.1, 0.15) is 0 Å². The number of hydrogen-bond donors (Lipinski definition) is 2. The van der Waals surface area contributed by atoms with Crippen LogP contribution in [0.15, 0.2) is 18.2 Å². The summed E-state index contributed by atoms with van der Waals surface area (Å²) in [6.07, 6.45) is 0.677. The highest BCUT2D eigenvalue weighted by Gasteiger charge is 2.15. The van der Waals surface area contributed by atoms with E-state index >= 15 is 0 Å². The molecule has 0 heterocycles. The zero-order valence-corrected chi connectivity index (χ0v) is 12.7. The fraction of sp³-hybridized carbons (Fsp3) is 0.417. The van der Waals surface area contributed by atoms with Gasteiger partial charge in [-0.2, -0.15) is 0 Å². The predicted octanol–water partition coefficient (Wildman–Crippen LogP) is 3.26. The standard InChI is InChI=1S/C12H16ClIN2O/c1-7(2)5-10(15)12(17)16-11-4-3-8(13)6-9(11)14/h3-4,6-7,10H,5,15H2,1-2H3,(H,16,17)/t10-/m1/s1. The van der Waals surface area contributed by atoms with E-state index in [4.69, 9.17) is 17.3 Å². The van der Waals surface area contributed by atoms with Gasteiger partial charge in [0.05, 0.1) is 11.7 Å². The van der Waals surface area contributed by atoms with E-state index in [1.54, 1.807) is 18.2 Å². The lowest BCUT2D eigenvalue weighted by Gasteiger charge is -2.15. The Kier molecular flexibility index (Phi) is 5.69. The summed E-state index contributed by atoms with van der Waals surface area (Å²) in [5, 5.41) is 3.46. The molecule has 3 nitrogen and oxygen atoms in total. The molecule has 0 radical (unpaired) electrons. The molecule has 0 spiro atoms. The third-order valence-electron chi connectivity index (χ3n) is 2.25. The molecule has 1 rings (SSSR count). The van der Waals surface area contributed by atoms with E-state index in [0.29, 0.717) is 17.4 Å². The number of amides is 1. The molecular weight excluding hydrogens is 351 g/mol. The number of nitrogens with two attached hydrogens (primary N) is 1. The van der Waals surface area contributed by atoms with Gasteiger partial charge >= 0.3 is 0 Å². The number of carbonyl (C=O) groups excluding carboxylic acids is 1. The van der Waals surface area contributed by atoms with Crippen molar-refractivity contribution in [2.75, 3.05) is 5.32 Å². The van der Waals surface area contributed by atoms with E-state index in [9.17, 15) is 4.79 Å². The van der Waals surface area contributed by atoms with Crippen molar-refractivity contribution < 1.29 is 4.79 Å². The molecule has 1 aromatic carbocycles. The molecule has 0 fully saturated rings. The lowest BCUT2D eigenvalue weighted by molar-refractivity contribution is -0.117. The van der Waals surface area contributed by atoms with Gasteiger partial charge in [-0.25, -0.2) is 0 Å². The van der Waals surface area contributed by atoms with Gasteiger partial charge < -0.3 is 11.1 Å². The lowest BCUT2D eigenvalue weighted by atomic mass is 10.0. The van der Waals surface area contributed by atoms with Crippen LogP contribution in [0.4, 0.5) is 5.69 Å². The molecule has 1 atom stereocenters. The minimum atomic E-state index is -0.471. The largest absolute Gasteiger partial charge is 0.324 e. The van der Waals surface area contributed by atoms with Gasteiger partial charge in [0, 0.05) is 8.59 Å². The fourth-order valence-electron chi connectivity index (χ4n) is 1.43. The summed E-state index contributed by atoms with van der Waals surface area (Å²) in [6, 6.07) is 4.85. The first-order valence-corrected chi connectivity index (χ1v) is 6.87. The molecule has 0 saturated heterocycles. The highest BCUT2D eigenvalue weighted by Crippen LogP contribution is 2.22. The number of benzene rings is 1. The molecule has 1 aromatic rings. The Morgan fingerprint density at radius 3 is 2.71 bits per heavy atom. The molecule has 0 aliphatic heterocycles. The zero-order valence-electron chi connectivity index (χ0n) is 9.84. The maximum absolute atomic E-state index is 11.8. The van der Waals surface area contributed by atoms with E-state index in [1.165, 1.54) is 0 Å². The molecule has 0 aliphatic carbocycles. The van der Waals surface area contributed by atoms with Gasteiger partial charge in [-0.3, -0.25) is 4.79 Å². The normalized spacial score (nSPS) is 12.6. The van der Waals surface area contributed by atoms with Crippen LogP contribution in [0.1, 0.15) is 20.3 Å². The zero-order chi connectivity index (χ0) is 13.0. The molecule has 17 heavy (non-hydrogen) atoms. The third kappa shape index (κ3) is 4.81. The van der Waals surface area contributed by atoms with Crippen molar-refractivity contribution in [3.8, 4) is 0 Å². The van der Waals surface area contributed by atoms with Crippen LogP contribution in [0.3, 0.4) is 0 Å². The Balaban J connectivity index is 2.67. The maximum Gasteiger partial charge on any atom is 0.241 e. The van der Waals surface area contributed by atoms with Gasteiger partial charge in [0.25, 0.3) is 0 Å². The van der Waals surface area contributed by atoms with E-state index < -0.39 is 6.04 Å². The number of carbonyl (C=O) groups is 1. The van der Waals surface area contributed by atoms with Crippen LogP contribution in [0.2, 0.25) is 5.02 Å². The Bertz CT molecular complexity index is 409. The summed E-state index contributed by atoms with van der Waals surface area (Å²) < 4.78 is 0.903. The minimum Gasteiger partial charge on any atom is -0.324 e. The summed E-state index contributed by atoms with van der Waals surface area (Å²) in [5.74, 6) is 0.249. The first-order valence-electron chi connectivity index (χ1n) is 5.41. The maximum atomic E-state index is 11.8. The Hall–Kier alpha value is -0.330. The van der Waals surface area contributed by atoms with Gasteiger partial charge in [0.2, 0.25) is 5.91 Å². The van der Waals surface area contributed by atoms with Crippen molar-refractivity contribution in [2.45, 2.75) is 26.3 Å². The Morgan fingerprint density at radius 2 is 2.18 bits per heavy atom. The van der Waals surface area contributed by atoms with Crippen LogP contribution < -0.4 is 11.1 Å². The van der Waals surface area contributed by atoms with Crippen LogP contribution in [-0.2, 0) is 4.79 Å². The molecule has 94 valence electrons. The van der Waals surface area contributed by atoms with Gasteiger partial charge in [-0.05, 0) is 53.1 Å². The molecular formula is C12H16ClIN2O. The predicted molar refractivity (Wildman–Crippen MR) is 80.2 cm³/mol. The smallest absolute Gasteiger partial charge is 0.241 e. The summed E-state index contributed by atoms with van der Waals surface area (Å²) in [7, 11) is 0. The van der Waals surface area contributed by atoms with Gasteiger partial charge in [-0.15, -0.1) is 0 Å². The number of anilines is 1. The lowest BCUT2D eigenvalue weighted by Crippen LogP contribution is -2.36. The van der Waals surface area contributed by atoms with Gasteiger partial charge in [0.15, 0.2) is 0 Å². The second-order valence-electron chi connectivity index (χ2n) is 4.35. The first kappa shape index (κ1) is 14.7. The second-order valence-corrected chi connectivity index (χ2v) is 5.95. The number of halogens is 2. The number of rotatable bonds is 4. The number of hydrogen-bond acceptors (Lipinski definition) is 2. The summed E-state index contributed by atoms with van der Waals surface area (Å²) in [6.45, 7) is 4.08. The van der Waals surface area contributed by atoms with E-state index in [1.807, 2.05) is 13.8 Å². The van der Waals surface area contributed by atoms with Crippen LogP contribution in [-0.4, -0.2) is 11.9 Å². The first-order chi connectivity index (χ1) is 7.90.